The smallest absolute Gasteiger partial charge is 0.276 e. The SMILES string of the molecule is COCC1(N(C)C(=O)c2noc3c2CNCC3)CC1.Cl. The standard InChI is InChI=1S/C13H19N3O3.ClH/c1-16(13(4-5-13)8-18-2)12(17)11-9-7-14-6-3-10(9)19-15-11;/h14H,3-8H2,1-2H3;1H. The van der Waals surface area contributed by atoms with Crippen molar-refractivity contribution >= 4 is 18.3 Å². The molecule has 1 amide bonds. The summed E-state index contributed by atoms with van der Waals surface area (Å²) in [5.74, 6) is 0.773. The minimum atomic E-state index is -0.139. The number of ether oxygens (including phenoxy) is 1. The predicted octanol–water partition coefficient (Wildman–Crippen LogP) is 0.993. The number of likely N-dealkylation sites (N-methyl/N-ethyl adjacent to an activating group) is 1. The molecular weight excluding hydrogens is 282 g/mol. The Hall–Kier alpha value is -1.11. The molecule has 0 aromatic carbocycles. The van der Waals surface area contributed by atoms with E-state index in [1.807, 2.05) is 7.05 Å². The molecule has 112 valence electrons. The van der Waals surface area contributed by atoms with Crippen LogP contribution in [0, 0.1) is 0 Å². The van der Waals surface area contributed by atoms with Crippen molar-refractivity contribution < 1.29 is 14.1 Å². The fourth-order valence-electron chi connectivity index (χ4n) is 2.67. The second-order valence-corrected chi connectivity index (χ2v) is 5.38. The summed E-state index contributed by atoms with van der Waals surface area (Å²) in [5.41, 5.74) is 1.23. The highest BCUT2D eigenvalue weighted by molar-refractivity contribution is 5.94. The summed E-state index contributed by atoms with van der Waals surface area (Å²) in [7, 11) is 3.49. The average Bonchev–Trinajstić information content (AvgIpc) is 3.09. The maximum absolute atomic E-state index is 12.6. The quantitative estimate of drug-likeness (QED) is 0.898. The molecule has 0 unspecified atom stereocenters. The van der Waals surface area contributed by atoms with E-state index in [0.29, 0.717) is 18.8 Å². The Kier molecular flexibility index (Phi) is 4.36. The fraction of sp³-hybridized carbons (Fsp3) is 0.692. The Morgan fingerprint density at radius 2 is 2.30 bits per heavy atom. The first kappa shape index (κ1) is 15.3. The van der Waals surface area contributed by atoms with E-state index in [4.69, 9.17) is 9.26 Å². The van der Waals surface area contributed by atoms with Crippen LogP contribution in [-0.4, -0.2) is 48.8 Å². The van der Waals surface area contributed by atoms with E-state index in [-0.39, 0.29) is 23.9 Å². The molecule has 3 rings (SSSR count). The molecule has 1 aromatic heterocycles. The number of nitrogens with zero attached hydrogens (tertiary/aromatic N) is 2. The number of fused-ring (bicyclic) bond motifs is 1. The number of hydrogen-bond donors (Lipinski definition) is 1. The van der Waals surface area contributed by atoms with E-state index in [1.54, 1.807) is 12.0 Å². The molecule has 0 saturated heterocycles. The van der Waals surface area contributed by atoms with Crippen LogP contribution in [-0.2, 0) is 17.7 Å². The number of carbonyl (C=O) groups is 1. The largest absolute Gasteiger partial charge is 0.382 e. The van der Waals surface area contributed by atoms with E-state index in [2.05, 4.69) is 10.5 Å². The van der Waals surface area contributed by atoms with E-state index >= 15 is 0 Å². The van der Waals surface area contributed by atoms with Gasteiger partial charge in [-0.3, -0.25) is 4.79 Å². The lowest BCUT2D eigenvalue weighted by molar-refractivity contribution is 0.0541. The lowest BCUT2D eigenvalue weighted by Crippen LogP contribution is -2.42. The monoisotopic (exact) mass is 301 g/mol. The Balaban J connectivity index is 0.00000147. The van der Waals surface area contributed by atoms with Crippen LogP contribution in [0.5, 0.6) is 0 Å². The molecule has 0 radical (unpaired) electrons. The van der Waals surface area contributed by atoms with Crippen molar-refractivity contribution in [1.29, 1.82) is 0 Å². The van der Waals surface area contributed by atoms with Crippen LogP contribution in [0.1, 0.15) is 34.7 Å². The number of amides is 1. The first-order chi connectivity index (χ1) is 9.18. The average molecular weight is 302 g/mol. The molecule has 0 atom stereocenters. The van der Waals surface area contributed by atoms with Gasteiger partial charge in [0.2, 0.25) is 0 Å². The van der Waals surface area contributed by atoms with Crippen LogP contribution in [0.2, 0.25) is 0 Å². The first-order valence-corrected chi connectivity index (χ1v) is 6.63. The molecule has 2 heterocycles. The zero-order chi connectivity index (χ0) is 13.5. The van der Waals surface area contributed by atoms with E-state index in [9.17, 15) is 4.79 Å². The van der Waals surface area contributed by atoms with E-state index < -0.39 is 0 Å². The predicted molar refractivity (Wildman–Crippen MR) is 75.1 cm³/mol. The van der Waals surface area contributed by atoms with Gasteiger partial charge in [0.25, 0.3) is 5.91 Å². The number of rotatable bonds is 4. The molecule has 6 nitrogen and oxygen atoms in total. The van der Waals surface area contributed by atoms with Crippen LogP contribution < -0.4 is 5.32 Å². The summed E-state index contributed by atoms with van der Waals surface area (Å²) in [6.45, 7) is 2.11. The van der Waals surface area contributed by atoms with Crippen molar-refractivity contribution in [3.05, 3.63) is 17.0 Å². The summed E-state index contributed by atoms with van der Waals surface area (Å²) in [4.78, 5) is 14.3. The Morgan fingerprint density at radius 3 is 2.95 bits per heavy atom. The van der Waals surface area contributed by atoms with Crippen molar-refractivity contribution in [3.63, 3.8) is 0 Å². The normalized spacial score (nSPS) is 18.9. The highest BCUT2D eigenvalue weighted by Crippen LogP contribution is 2.41. The Bertz CT molecular complexity index is 499. The third kappa shape index (κ3) is 2.43. The molecule has 7 heteroatoms. The van der Waals surface area contributed by atoms with Gasteiger partial charge >= 0.3 is 0 Å². The number of methoxy groups -OCH3 is 1. The highest BCUT2D eigenvalue weighted by Gasteiger charge is 2.49. The van der Waals surface area contributed by atoms with Gasteiger partial charge in [-0.1, -0.05) is 5.16 Å². The zero-order valence-corrected chi connectivity index (χ0v) is 12.6. The van der Waals surface area contributed by atoms with Crippen molar-refractivity contribution in [1.82, 2.24) is 15.4 Å². The van der Waals surface area contributed by atoms with Gasteiger partial charge in [0.1, 0.15) is 5.76 Å². The van der Waals surface area contributed by atoms with Crippen LogP contribution in [0.15, 0.2) is 4.52 Å². The number of aromatic nitrogens is 1. The molecule has 1 fully saturated rings. The van der Waals surface area contributed by atoms with Crippen LogP contribution >= 0.6 is 12.4 Å². The maximum atomic E-state index is 12.6. The van der Waals surface area contributed by atoms with E-state index in [0.717, 1.165) is 37.1 Å². The minimum absolute atomic E-state index is 0. The molecule has 1 aliphatic carbocycles. The second-order valence-electron chi connectivity index (χ2n) is 5.38. The third-order valence-electron chi connectivity index (χ3n) is 4.16. The van der Waals surface area contributed by atoms with Crippen molar-refractivity contribution in [2.75, 3.05) is 27.3 Å². The molecule has 2 aliphatic rings. The summed E-state index contributed by atoms with van der Waals surface area (Å²) < 4.78 is 10.5. The third-order valence-corrected chi connectivity index (χ3v) is 4.16. The van der Waals surface area contributed by atoms with Gasteiger partial charge in [0.15, 0.2) is 5.69 Å². The topological polar surface area (TPSA) is 67.6 Å². The highest BCUT2D eigenvalue weighted by atomic mass is 35.5. The molecule has 1 aliphatic heterocycles. The zero-order valence-electron chi connectivity index (χ0n) is 11.8. The van der Waals surface area contributed by atoms with Crippen molar-refractivity contribution in [2.45, 2.75) is 31.3 Å². The molecule has 1 aromatic rings. The summed E-state index contributed by atoms with van der Waals surface area (Å²) in [5, 5.41) is 7.22. The number of hydrogen-bond acceptors (Lipinski definition) is 5. The molecule has 0 bridgehead atoms. The summed E-state index contributed by atoms with van der Waals surface area (Å²) in [6, 6.07) is 0. The molecule has 1 N–H and O–H groups in total. The maximum Gasteiger partial charge on any atom is 0.276 e. The number of halogens is 1. The van der Waals surface area contributed by atoms with Gasteiger partial charge in [-0.15, -0.1) is 12.4 Å². The lowest BCUT2D eigenvalue weighted by Gasteiger charge is -2.27. The lowest BCUT2D eigenvalue weighted by atomic mass is 10.1. The van der Waals surface area contributed by atoms with E-state index in [1.165, 1.54) is 0 Å². The van der Waals surface area contributed by atoms with Gasteiger partial charge in [0.05, 0.1) is 12.1 Å². The molecule has 20 heavy (non-hydrogen) atoms. The first-order valence-electron chi connectivity index (χ1n) is 6.63. The van der Waals surface area contributed by atoms with Crippen LogP contribution in [0.25, 0.3) is 0 Å². The van der Waals surface area contributed by atoms with Gasteiger partial charge in [0, 0.05) is 39.2 Å². The van der Waals surface area contributed by atoms with Crippen LogP contribution in [0.4, 0.5) is 0 Å². The van der Waals surface area contributed by atoms with Gasteiger partial charge in [-0.2, -0.15) is 0 Å². The van der Waals surface area contributed by atoms with Gasteiger partial charge < -0.3 is 19.5 Å². The van der Waals surface area contributed by atoms with Gasteiger partial charge in [-0.05, 0) is 12.8 Å². The summed E-state index contributed by atoms with van der Waals surface area (Å²) in [6.07, 6.45) is 2.77. The minimum Gasteiger partial charge on any atom is -0.382 e. The summed E-state index contributed by atoms with van der Waals surface area (Å²) >= 11 is 0. The Labute approximate surface area is 124 Å². The van der Waals surface area contributed by atoms with Crippen molar-refractivity contribution in [2.24, 2.45) is 0 Å². The van der Waals surface area contributed by atoms with Crippen molar-refractivity contribution in [3.8, 4) is 0 Å². The molecule has 0 spiro atoms. The fourth-order valence-corrected chi connectivity index (χ4v) is 2.67. The number of carbonyl (C=O) groups excluding carboxylic acids is 1. The number of nitrogens with one attached hydrogen (secondary N) is 1. The molecule has 1 saturated carbocycles. The van der Waals surface area contributed by atoms with Crippen LogP contribution in [0.3, 0.4) is 0 Å². The Morgan fingerprint density at radius 1 is 1.55 bits per heavy atom. The molecular formula is C13H20ClN3O3. The second kappa shape index (κ2) is 5.71. The van der Waals surface area contributed by atoms with Gasteiger partial charge in [-0.25, -0.2) is 0 Å².